The smallest absolute Gasteiger partial charge is 0.246 e. The molecule has 4 heteroatoms. The monoisotopic (exact) mass is 185 g/mol. The zero-order valence-corrected chi connectivity index (χ0v) is 8.08. The van der Waals surface area contributed by atoms with Gasteiger partial charge in [-0.15, -0.1) is 0 Å². The van der Waals surface area contributed by atoms with Crippen LogP contribution in [0.25, 0.3) is 0 Å². The summed E-state index contributed by atoms with van der Waals surface area (Å²) in [5.41, 5.74) is -0.0361. The van der Waals surface area contributed by atoms with Crippen molar-refractivity contribution in [3.05, 3.63) is 0 Å². The van der Waals surface area contributed by atoms with E-state index in [4.69, 9.17) is 4.84 Å². The maximum Gasteiger partial charge on any atom is 0.246 e. The molecule has 1 amide bonds. The lowest BCUT2D eigenvalue weighted by atomic mass is 9.99. The SMILES string of the molecule is CON(C)C(=O)CC1(CC=O)CC1. The number of carbonyl (C=O) groups excluding carboxylic acids is 2. The first-order chi connectivity index (χ1) is 6.13. The summed E-state index contributed by atoms with van der Waals surface area (Å²) in [5, 5.41) is 1.21. The van der Waals surface area contributed by atoms with Crippen LogP contribution >= 0.6 is 0 Å². The molecule has 0 aromatic rings. The summed E-state index contributed by atoms with van der Waals surface area (Å²) in [7, 11) is 3.04. The van der Waals surface area contributed by atoms with Crippen LogP contribution in [0.3, 0.4) is 0 Å². The highest BCUT2D eigenvalue weighted by Crippen LogP contribution is 2.51. The van der Waals surface area contributed by atoms with Gasteiger partial charge in [0.25, 0.3) is 0 Å². The number of aldehydes is 1. The van der Waals surface area contributed by atoms with E-state index >= 15 is 0 Å². The summed E-state index contributed by atoms with van der Waals surface area (Å²) in [6, 6.07) is 0. The van der Waals surface area contributed by atoms with Crippen LogP contribution in [-0.2, 0) is 14.4 Å². The Balaban J connectivity index is 2.39. The van der Waals surface area contributed by atoms with E-state index in [2.05, 4.69) is 0 Å². The molecule has 0 heterocycles. The predicted octanol–water partition coefficient (Wildman–Crippen LogP) is 0.765. The minimum absolute atomic E-state index is 0.0361. The largest absolute Gasteiger partial charge is 0.303 e. The van der Waals surface area contributed by atoms with Gasteiger partial charge in [-0.2, -0.15) is 0 Å². The molecule has 13 heavy (non-hydrogen) atoms. The van der Waals surface area contributed by atoms with Crippen LogP contribution in [0.1, 0.15) is 25.7 Å². The Morgan fingerprint density at radius 3 is 2.62 bits per heavy atom. The third-order valence-electron chi connectivity index (χ3n) is 2.62. The number of hydrogen-bond acceptors (Lipinski definition) is 3. The van der Waals surface area contributed by atoms with Crippen molar-refractivity contribution >= 4 is 12.2 Å². The van der Waals surface area contributed by atoms with Crippen molar-refractivity contribution in [1.29, 1.82) is 0 Å². The fourth-order valence-corrected chi connectivity index (χ4v) is 1.34. The van der Waals surface area contributed by atoms with Crippen LogP contribution in [0.15, 0.2) is 0 Å². The molecule has 0 aliphatic heterocycles. The number of rotatable bonds is 5. The summed E-state index contributed by atoms with van der Waals surface area (Å²) in [6.45, 7) is 0. The molecule has 0 bridgehead atoms. The molecule has 1 aliphatic carbocycles. The Morgan fingerprint density at radius 1 is 1.62 bits per heavy atom. The maximum atomic E-state index is 11.4. The third-order valence-corrected chi connectivity index (χ3v) is 2.62. The van der Waals surface area contributed by atoms with Gasteiger partial charge in [0.2, 0.25) is 5.91 Å². The summed E-state index contributed by atoms with van der Waals surface area (Å²) in [5.74, 6) is -0.0538. The van der Waals surface area contributed by atoms with Gasteiger partial charge in [0.05, 0.1) is 7.11 Å². The van der Waals surface area contributed by atoms with Gasteiger partial charge in [0.1, 0.15) is 6.29 Å². The third kappa shape index (κ3) is 2.52. The van der Waals surface area contributed by atoms with Crippen molar-refractivity contribution in [3.63, 3.8) is 0 Å². The first-order valence-corrected chi connectivity index (χ1v) is 4.38. The Hall–Kier alpha value is -0.900. The van der Waals surface area contributed by atoms with E-state index in [1.807, 2.05) is 0 Å². The van der Waals surface area contributed by atoms with E-state index in [0.717, 1.165) is 19.1 Å². The number of amides is 1. The van der Waals surface area contributed by atoms with Crippen molar-refractivity contribution in [2.45, 2.75) is 25.7 Å². The highest BCUT2D eigenvalue weighted by molar-refractivity contribution is 5.76. The van der Waals surface area contributed by atoms with E-state index in [0.29, 0.717) is 12.8 Å². The lowest BCUT2D eigenvalue weighted by molar-refractivity contribution is -0.170. The quantitative estimate of drug-likeness (QED) is 0.469. The zero-order valence-electron chi connectivity index (χ0n) is 8.08. The fraction of sp³-hybridized carbons (Fsp3) is 0.778. The molecule has 0 unspecified atom stereocenters. The topological polar surface area (TPSA) is 46.6 Å². The van der Waals surface area contributed by atoms with Gasteiger partial charge in [-0.05, 0) is 18.3 Å². The van der Waals surface area contributed by atoms with Crippen molar-refractivity contribution in [3.8, 4) is 0 Å². The number of hydroxylamine groups is 2. The van der Waals surface area contributed by atoms with E-state index in [1.165, 1.54) is 12.2 Å². The van der Waals surface area contributed by atoms with Gasteiger partial charge < -0.3 is 4.79 Å². The molecule has 74 valence electrons. The number of nitrogens with zero attached hydrogens (tertiary/aromatic N) is 1. The normalized spacial score (nSPS) is 18.0. The van der Waals surface area contributed by atoms with E-state index < -0.39 is 0 Å². The molecule has 0 aromatic heterocycles. The first kappa shape index (κ1) is 10.2. The van der Waals surface area contributed by atoms with Crippen molar-refractivity contribution < 1.29 is 14.4 Å². The summed E-state index contributed by atoms with van der Waals surface area (Å²) in [4.78, 5) is 26.5. The molecule has 0 aromatic carbocycles. The average Bonchev–Trinajstić information content (AvgIpc) is 2.84. The number of hydrogen-bond donors (Lipinski definition) is 0. The van der Waals surface area contributed by atoms with Crippen molar-refractivity contribution in [2.75, 3.05) is 14.2 Å². The van der Waals surface area contributed by atoms with Crippen LogP contribution in [0.2, 0.25) is 0 Å². The second kappa shape index (κ2) is 3.87. The van der Waals surface area contributed by atoms with Crippen LogP contribution in [0, 0.1) is 5.41 Å². The molecule has 0 spiro atoms. The van der Waals surface area contributed by atoms with Gasteiger partial charge in [-0.1, -0.05) is 0 Å². The molecule has 0 N–H and O–H groups in total. The molecule has 0 radical (unpaired) electrons. The van der Waals surface area contributed by atoms with Crippen LogP contribution in [-0.4, -0.2) is 31.4 Å². The number of carbonyl (C=O) groups is 2. The van der Waals surface area contributed by atoms with Crippen molar-refractivity contribution in [2.24, 2.45) is 5.41 Å². The maximum absolute atomic E-state index is 11.4. The van der Waals surface area contributed by atoms with Crippen LogP contribution in [0.4, 0.5) is 0 Å². The van der Waals surface area contributed by atoms with Gasteiger partial charge in [-0.25, -0.2) is 5.06 Å². The van der Waals surface area contributed by atoms with Gasteiger partial charge in [0, 0.05) is 19.9 Å². The lowest BCUT2D eigenvalue weighted by Crippen LogP contribution is -2.27. The van der Waals surface area contributed by atoms with Crippen LogP contribution < -0.4 is 0 Å². The zero-order chi connectivity index (χ0) is 9.90. The van der Waals surface area contributed by atoms with E-state index in [9.17, 15) is 9.59 Å². The second-order valence-electron chi connectivity index (χ2n) is 3.62. The molecule has 0 saturated heterocycles. The molecule has 1 aliphatic rings. The minimum atomic E-state index is -0.0538. The molecule has 1 rings (SSSR count). The average molecular weight is 185 g/mol. The first-order valence-electron chi connectivity index (χ1n) is 4.38. The Labute approximate surface area is 77.8 Å². The summed E-state index contributed by atoms with van der Waals surface area (Å²) in [6.07, 6.45) is 3.78. The molecular weight excluding hydrogens is 170 g/mol. The lowest BCUT2D eigenvalue weighted by Gasteiger charge is -2.17. The Morgan fingerprint density at radius 2 is 2.23 bits per heavy atom. The Kier molecular flexibility index (Phi) is 3.03. The molecular formula is C9H15NO3. The molecule has 0 atom stereocenters. The van der Waals surface area contributed by atoms with Gasteiger partial charge >= 0.3 is 0 Å². The standard InChI is InChI=1S/C9H15NO3/c1-10(13-2)8(12)7-9(3-4-9)5-6-11/h6H,3-5,7H2,1-2H3. The van der Waals surface area contributed by atoms with Gasteiger partial charge in [0.15, 0.2) is 0 Å². The van der Waals surface area contributed by atoms with Crippen molar-refractivity contribution in [1.82, 2.24) is 5.06 Å². The summed E-state index contributed by atoms with van der Waals surface area (Å²) < 4.78 is 0. The molecule has 1 saturated carbocycles. The molecule has 1 fully saturated rings. The second-order valence-corrected chi connectivity index (χ2v) is 3.62. The fourth-order valence-electron chi connectivity index (χ4n) is 1.34. The Bertz CT molecular complexity index is 211. The minimum Gasteiger partial charge on any atom is -0.303 e. The molecule has 4 nitrogen and oxygen atoms in total. The predicted molar refractivity (Wildman–Crippen MR) is 46.7 cm³/mol. The highest BCUT2D eigenvalue weighted by atomic mass is 16.7. The van der Waals surface area contributed by atoms with Gasteiger partial charge in [-0.3, -0.25) is 9.63 Å². The van der Waals surface area contributed by atoms with Crippen LogP contribution in [0.5, 0.6) is 0 Å². The summed E-state index contributed by atoms with van der Waals surface area (Å²) >= 11 is 0. The van der Waals surface area contributed by atoms with E-state index in [1.54, 1.807) is 7.05 Å². The highest BCUT2D eigenvalue weighted by Gasteiger charge is 2.44. The van der Waals surface area contributed by atoms with E-state index in [-0.39, 0.29) is 11.3 Å².